The Kier molecular flexibility index (Phi) is 31.6. The van der Waals surface area contributed by atoms with Crippen LogP contribution in [0.15, 0.2) is 60.8 Å². The average molecular weight is 739 g/mol. The summed E-state index contributed by atoms with van der Waals surface area (Å²) in [6.07, 6.45) is 37.4. The quantitative estimate of drug-likeness (QED) is 0.0198. The number of nitrogens with one attached hydrogen (secondary N) is 1. The number of carbonyl (C=O) groups excluding carboxylic acids is 1. The van der Waals surface area contributed by atoms with E-state index in [1.165, 1.54) is 44.9 Å². The van der Waals surface area contributed by atoms with Gasteiger partial charge in [-0.05, 0) is 44.9 Å². The number of aliphatic hydroxyl groups excluding tert-OH is 2. The highest BCUT2D eigenvalue weighted by molar-refractivity contribution is 7.45. The van der Waals surface area contributed by atoms with E-state index in [1.807, 2.05) is 57.6 Å². The van der Waals surface area contributed by atoms with Crippen molar-refractivity contribution in [2.24, 2.45) is 0 Å². The predicted octanol–water partition coefficient (Wildman–Crippen LogP) is 8.63. The van der Waals surface area contributed by atoms with Gasteiger partial charge in [-0.15, -0.1) is 0 Å². The smallest absolute Gasteiger partial charge is 0.268 e. The van der Waals surface area contributed by atoms with Crippen molar-refractivity contribution in [2.45, 2.75) is 154 Å². The van der Waals surface area contributed by atoms with Gasteiger partial charge in [-0.2, -0.15) is 0 Å². The second-order valence-corrected chi connectivity index (χ2v) is 15.9. The topological polar surface area (TPSA) is 128 Å². The molecule has 9 nitrogen and oxygen atoms in total. The standard InChI is InChI=1S/C41H75N2O7P/c1-6-8-10-11-12-13-15-19-22-25-29-33-40(45)39(37-50-51(47,48)49-36-35-43(3,4)5)42-41(46)34-30-26-23-20-17-14-16-18-21-24-28-32-38(44)31-27-9-7-2/h14,16,20-21,23-24,28-29,32-33,38-40,44-45H,6-13,15,17-19,22,25-27,30-31,34-37H2,1-5H3,(H-,42,46,47,48)/b16-14-,23-20-,24-21-,32-28+,33-29+/t38-,39-,40+/m0/s1. The summed E-state index contributed by atoms with van der Waals surface area (Å²) >= 11 is 0. The number of amides is 1. The molecule has 0 bridgehead atoms. The molecule has 0 aliphatic carbocycles. The van der Waals surface area contributed by atoms with Gasteiger partial charge in [0.1, 0.15) is 13.2 Å². The Bertz CT molecular complexity index is 1040. The zero-order valence-electron chi connectivity index (χ0n) is 32.9. The van der Waals surface area contributed by atoms with E-state index in [0.29, 0.717) is 17.4 Å². The van der Waals surface area contributed by atoms with E-state index in [0.717, 1.165) is 64.2 Å². The van der Waals surface area contributed by atoms with Crippen LogP contribution in [0.5, 0.6) is 0 Å². The highest BCUT2D eigenvalue weighted by Crippen LogP contribution is 2.38. The molecule has 0 rings (SSSR count). The molecule has 0 spiro atoms. The summed E-state index contributed by atoms with van der Waals surface area (Å²) in [7, 11) is 1.18. The lowest BCUT2D eigenvalue weighted by atomic mass is 10.1. The van der Waals surface area contributed by atoms with Gasteiger partial charge < -0.3 is 34.0 Å². The number of unbranched alkanes of at least 4 members (excludes halogenated alkanes) is 12. The first-order valence-electron chi connectivity index (χ1n) is 19.8. The van der Waals surface area contributed by atoms with Crippen molar-refractivity contribution < 1.29 is 38.0 Å². The van der Waals surface area contributed by atoms with E-state index in [1.54, 1.807) is 6.08 Å². The molecule has 0 radical (unpaired) electrons. The molecule has 0 heterocycles. The van der Waals surface area contributed by atoms with Crippen molar-refractivity contribution in [1.29, 1.82) is 0 Å². The summed E-state index contributed by atoms with van der Waals surface area (Å²) in [4.78, 5) is 25.1. The third kappa shape index (κ3) is 35.0. The minimum atomic E-state index is -4.61. The molecule has 296 valence electrons. The van der Waals surface area contributed by atoms with Crippen molar-refractivity contribution in [1.82, 2.24) is 5.32 Å². The van der Waals surface area contributed by atoms with Crippen molar-refractivity contribution in [2.75, 3.05) is 40.9 Å². The summed E-state index contributed by atoms with van der Waals surface area (Å²) in [6, 6.07) is -0.928. The molecule has 0 aromatic rings. The van der Waals surface area contributed by atoms with E-state index >= 15 is 0 Å². The third-order valence-electron chi connectivity index (χ3n) is 8.33. The number of likely N-dealkylation sites (N-methyl/N-ethyl adjacent to an activating group) is 1. The van der Waals surface area contributed by atoms with Crippen LogP contribution in [-0.2, 0) is 18.4 Å². The van der Waals surface area contributed by atoms with Gasteiger partial charge in [0.05, 0.1) is 46.0 Å². The second-order valence-electron chi connectivity index (χ2n) is 14.5. The number of hydrogen-bond donors (Lipinski definition) is 3. The molecule has 1 amide bonds. The Balaban J connectivity index is 4.66. The zero-order valence-corrected chi connectivity index (χ0v) is 33.8. The lowest BCUT2D eigenvalue weighted by Crippen LogP contribution is -2.45. The van der Waals surface area contributed by atoms with Crippen LogP contribution >= 0.6 is 7.82 Å². The highest BCUT2D eigenvalue weighted by atomic mass is 31.2. The Labute approximate surface area is 312 Å². The molecular formula is C41H75N2O7P. The summed E-state index contributed by atoms with van der Waals surface area (Å²) < 4.78 is 23.0. The maximum atomic E-state index is 12.8. The van der Waals surface area contributed by atoms with Gasteiger partial charge >= 0.3 is 0 Å². The fourth-order valence-electron chi connectivity index (χ4n) is 5.08. The van der Waals surface area contributed by atoms with E-state index in [-0.39, 0.29) is 25.0 Å². The summed E-state index contributed by atoms with van der Waals surface area (Å²) in [5.74, 6) is -0.274. The van der Waals surface area contributed by atoms with Crippen LogP contribution < -0.4 is 10.2 Å². The molecular weight excluding hydrogens is 663 g/mol. The van der Waals surface area contributed by atoms with Crippen molar-refractivity contribution in [3.05, 3.63) is 60.8 Å². The number of quaternary nitrogens is 1. The first kappa shape index (κ1) is 49.2. The van der Waals surface area contributed by atoms with Gasteiger partial charge in [0.2, 0.25) is 5.91 Å². The number of nitrogens with zero attached hydrogens (tertiary/aromatic N) is 1. The number of allylic oxidation sites excluding steroid dienone is 8. The number of phosphoric ester groups is 1. The minimum absolute atomic E-state index is 0.0223. The lowest BCUT2D eigenvalue weighted by Gasteiger charge is -2.29. The highest BCUT2D eigenvalue weighted by Gasteiger charge is 2.23. The molecule has 0 saturated heterocycles. The van der Waals surface area contributed by atoms with Gasteiger partial charge in [0, 0.05) is 6.42 Å². The van der Waals surface area contributed by atoms with Crippen LogP contribution in [-0.4, -0.2) is 79.8 Å². The molecule has 0 aromatic carbocycles. The number of aliphatic hydroxyl groups is 2. The van der Waals surface area contributed by atoms with E-state index in [4.69, 9.17) is 9.05 Å². The molecule has 51 heavy (non-hydrogen) atoms. The van der Waals surface area contributed by atoms with Crippen LogP contribution in [0.3, 0.4) is 0 Å². The molecule has 0 saturated carbocycles. The minimum Gasteiger partial charge on any atom is -0.756 e. The van der Waals surface area contributed by atoms with Crippen LogP contribution in [0.1, 0.15) is 136 Å². The molecule has 10 heteroatoms. The maximum absolute atomic E-state index is 12.8. The predicted molar refractivity (Wildman–Crippen MR) is 211 cm³/mol. The summed E-state index contributed by atoms with van der Waals surface area (Å²) in [6.45, 7) is 4.42. The second kappa shape index (κ2) is 32.8. The zero-order chi connectivity index (χ0) is 38.1. The molecule has 1 unspecified atom stereocenters. The molecule has 0 aliphatic rings. The largest absolute Gasteiger partial charge is 0.756 e. The fraction of sp³-hybridized carbons (Fsp3) is 0.732. The molecule has 0 aliphatic heterocycles. The van der Waals surface area contributed by atoms with Gasteiger partial charge in [-0.25, -0.2) is 0 Å². The molecule has 4 atom stereocenters. The normalized spacial score (nSPS) is 15.8. The monoisotopic (exact) mass is 739 g/mol. The van der Waals surface area contributed by atoms with Gasteiger partial charge in [-0.1, -0.05) is 145 Å². The van der Waals surface area contributed by atoms with Gasteiger partial charge in [0.15, 0.2) is 0 Å². The van der Waals surface area contributed by atoms with E-state index in [9.17, 15) is 24.5 Å². The average Bonchev–Trinajstić information content (AvgIpc) is 3.06. The third-order valence-corrected chi connectivity index (χ3v) is 9.29. The van der Waals surface area contributed by atoms with Crippen molar-refractivity contribution in [3.63, 3.8) is 0 Å². The first-order chi connectivity index (χ1) is 24.4. The maximum Gasteiger partial charge on any atom is 0.268 e. The van der Waals surface area contributed by atoms with E-state index in [2.05, 4.69) is 37.4 Å². The van der Waals surface area contributed by atoms with Gasteiger partial charge in [-0.3, -0.25) is 9.36 Å². The number of phosphoric acid groups is 1. The molecule has 0 aromatic heterocycles. The van der Waals surface area contributed by atoms with Crippen LogP contribution in [0, 0.1) is 0 Å². The van der Waals surface area contributed by atoms with Crippen molar-refractivity contribution >= 4 is 13.7 Å². The van der Waals surface area contributed by atoms with Crippen LogP contribution in [0.2, 0.25) is 0 Å². The Morgan fingerprint density at radius 1 is 0.745 bits per heavy atom. The molecule has 3 N–H and O–H groups in total. The first-order valence-corrected chi connectivity index (χ1v) is 21.2. The molecule has 0 fully saturated rings. The number of rotatable bonds is 34. The number of hydrogen-bond acceptors (Lipinski definition) is 7. The SMILES string of the molecule is CCCCCCCCCCC/C=C/[C@@H](O)[C@H](COP(=O)([O-])OCC[N+](C)(C)C)NC(=O)CCC/C=C\C/C=C\C/C=C\C=C\[C@@H](O)CCCCC. The Morgan fingerprint density at radius 3 is 2.00 bits per heavy atom. The summed E-state index contributed by atoms with van der Waals surface area (Å²) in [5, 5.41) is 23.5. The van der Waals surface area contributed by atoms with Crippen LogP contribution in [0.4, 0.5) is 0 Å². The van der Waals surface area contributed by atoms with Crippen LogP contribution in [0.25, 0.3) is 0 Å². The lowest BCUT2D eigenvalue weighted by molar-refractivity contribution is -0.870. The summed E-state index contributed by atoms with van der Waals surface area (Å²) in [5.41, 5.74) is 0. The van der Waals surface area contributed by atoms with Crippen molar-refractivity contribution in [3.8, 4) is 0 Å². The fourth-order valence-corrected chi connectivity index (χ4v) is 5.80. The number of carbonyl (C=O) groups is 1. The van der Waals surface area contributed by atoms with E-state index < -0.39 is 26.6 Å². The van der Waals surface area contributed by atoms with Gasteiger partial charge in [0.25, 0.3) is 7.82 Å². The Hall–Kier alpha value is -1.84. The Morgan fingerprint density at radius 2 is 1.33 bits per heavy atom.